The number of ether oxygens (including phenoxy) is 5. The number of benzene rings is 2. The average Bonchev–Trinajstić information content (AvgIpc) is 3.21. The Morgan fingerprint density at radius 1 is 0.756 bits per heavy atom. The molecular weight excluding hydrogens is 540 g/mol. The second-order valence-electron chi connectivity index (χ2n) is 9.28. The SMILES string of the molecule is COC(=O)[C@H]1O[C@@H](N2C(=O)NC(c3ccccc3)(c3ccccc3)C2=O)[C@H](OC(C)=O)[C@@H](OC(C)=O)[C@@H]1OC(C)=O. The number of imide groups is 1. The van der Waals surface area contributed by atoms with E-state index in [1.807, 2.05) is 0 Å². The smallest absolute Gasteiger partial charge is 0.339 e. The minimum Gasteiger partial charge on any atom is -0.467 e. The lowest BCUT2D eigenvalue weighted by Gasteiger charge is -2.45. The number of hydrogen-bond acceptors (Lipinski definition) is 11. The van der Waals surface area contributed by atoms with Crippen molar-refractivity contribution in [2.45, 2.75) is 57.0 Å². The van der Waals surface area contributed by atoms with Gasteiger partial charge in [-0.2, -0.15) is 0 Å². The Hall–Kier alpha value is -4.78. The molecule has 0 spiro atoms. The number of esters is 4. The van der Waals surface area contributed by atoms with Crippen LogP contribution in [0.2, 0.25) is 0 Å². The van der Waals surface area contributed by atoms with Crippen LogP contribution in [0.3, 0.4) is 0 Å². The van der Waals surface area contributed by atoms with Crippen molar-refractivity contribution in [3.05, 3.63) is 71.8 Å². The number of urea groups is 1. The van der Waals surface area contributed by atoms with Gasteiger partial charge in [0, 0.05) is 20.8 Å². The third-order valence-corrected chi connectivity index (χ3v) is 6.57. The van der Waals surface area contributed by atoms with Crippen molar-refractivity contribution in [2.75, 3.05) is 7.11 Å². The molecule has 2 aliphatic heterocycles. The molecule has 4 rings (SSSR count). The highest BCUT2D eigenvalue weighted by Gasteiger charge is 2.63. The maximum absolute atomic E-state index is 14.4. The first-order valence-corrected chi connectivity index (χ1v) is 12.5. The summed E-state index contributed by atoms with van der Waals surface area (Å²) >= 11 is 0. The van der Waals surface area contributed by atoms with Crippen LogP contribution < -0.4 is 5.32 Å². The molecule has 2 aromatic rings. The van der Waals surface area contributed by atoms with Gasteiger partial charge >= 0.3 is 29.9 Å². The quantitative estimate of drug-likeness (QED) is 0.290. The largest absolute Gasteiger partial charge is 0.467 e. The number of nitrogens with one attached hydrogen (secondary N) is 1. The lowest BCUT2D eigenvalue weighted by atomic mass is 9.82. The number of carbonyl (C=O) groups is 6. The van der Waals surface area contributed by atoms with Gasteiger partial charge in [-0.1, -0.05) is 60.7 Å². The Labute approximate surface area is 234 Å². The number of hydrogen-bond donors (Lipinski definition) is 1. The van der Waals surface area contributed by atoms with E-state index < -0.39 is 72.0 Å². The van der Waals surface area contributed by atoms with Crippen LogP contribution in [-0.4, -0.2) is 78.5 Å². The molecule has 3 amide bonds. The molecule has 2 aliphatic rings. The summed E-state index contributed by atoms with van der Waals surface area (Å²) in [5.41, 5.74) is -0.926. The summed E-state index contributed by atoms with van der Waals surface area (Å²) in [5, 5.41) is 2.74. The summed E-state index contributed by atoms with van der Waals surface area (Å²) in [6.07, 6.45) is -8.64. The number of carbonyl (C=O) groups excluding carboxylic acids is 6. The second kappa shape index (κ2) is 11.8. The molecule has 0 unspecified atom stereocenters. The molecule has 0 saturated carbocycles. The summed E-state index contributed by atoms with van der Waals surface area (Å²) in [4.78, 5) is 77.9. The fraction of sp³-hybridized carbons (Fsp3) is 0.357. The lowest BCUT2D eigenvalue weighted by Crippen LogP contribution is -2.67. The van der Waals surface area contributed by atoms with Gasteiger partial charge in [-0.05, 0) is 11.1 Å². The van der Waals surface area contributed by atoms with E-state index >= 15 is 0 Å². The highest BCUT2D eigenvalue weighted by atomic mass is 16.7. The molecule has 216 valence electrons. The predicted molar refractivity (Wildman–Crippen MR) is 136 cm³/mol. The molecule has 2 aromatic carbocycles. The Kier molecular flexibility index (Phi) is 8.38. The van der Waals surface area contributed by atoms with Gasteiger partial charge in [0.1, 0.15) is 0 Å². The standard InChI is InChI=1S/C28H28N2O11/c1-15(31)38-20-21(39-16(2)32)23(25(34)37-4)41-24(22(20)40-17(3)33)30-26(35)28(29-27(30)36,18-11-7-5-8-12-18)19-13-9-6-10-14-19/h5-14,20-24H,1-4H3,(H,29,36)/t20-,21-,22+,23-,24+/m0/s1. The monoisotopic (exact) mass is 568 g/mol. The van der Waals surface area contributed by atoms with Crippen LogP contribution in [0.15, 0.2) is 60.7 Å². The van der Waals surface area contributed by atoms with Crippen LogP contribution in [0.4, 0.5) is 4.79 Å². The lowest BCUT2D eigenvalue weighted by molar-refractivity contribution is -0.265. The third kappa shape index (κ3) is 5.48. The second-order valence-corrected chi connectivity index (χ2v) is 9.28. The van der Waals surface area contributed by atoms with Gasteiger partial charge in [0.05, 0.1) is 7.11 Å². The highest BCUT2D eigenvalue weighted by molar-refractivity contribution is 6.10. The number of amides is 3. The Balaban J connectivity index is 1.89. The van der Waals surface area contributed by atoms with E-state index in [2.05, 4.69) is 5.32 Å². The Bertz CT molecular complexity index is 1310. The number of nitrogens with zero attached hydrogens (tertiary/aromatic N) is 1. The maximum Gasteiger partial charge on any atom is 0.339 e. The van der Waals surface area contributed by atoms with Crippen LogP contribution in [0.1, 0.15) is 31.9 Å². The minimum atomic E-state index is -1.82. The Morgan fingerprint density at radius 2 is 1.22 bits per heavy atom. The van der Waals surface area contributed by atoms with Crippen molar-refractivity contribution >= 4 is 35.8 Å². The zero-order chi connectivity index (χ0) is 29.9. The predicted octanol–water partition coefficient (Wildman–Crippen LogP) is 1.17. The van der Waals surface area contributed by atoms with E-state index in [-0.39, 0.29) is 0 Å². The summed E-state index contributed by atoms with van der Waals surface area (Å²) in [6, 6.07) is 15.9. The molecule has 1 N–H and O–H groups in total. The van der Waals surface area contributed by atoms with Crippen LogP contribution in [-0.2, 0) is 53.2 Å². The molecular formula is C28H28N2O11. The average molecular weight is 569 g/mol. The van der Waals surface area contributed by atoms with Gasteiger partial charge in [-0.15, -0.1) is 0 Å². The molecule has 41 heavy (non-hydrogen) atoms. The van der Waals surface area contributed by atoms with Crippen molar-refractivity contribution in [1.29, 1.82) is 0 Å². The summed E-state index contributed by atoms with van der Waals surface area (Å²) in [5.74, 6) is -4.58. The van der Waals surface area contributed by atoms with Gasteiger partial charge in [0.2, 0.25) is 0 Å². The molecule has 5 atom stereocenters. The molecule has 0 aromatic heterocycles. The van der Waals surface area contributed by atoms with Crippen molar-refractivity contribution in [2.24, 2.45) is 0 Å². The van der Waals surface area contributed by atoms with E-state index in [1.165, 1.54) is 0 Å². The third-order valence-electron chi connectivity index (χ3n) is 6.57. The summed E-state index contributed by atoms with van der Waals surface area (Å²) < 4.78 is 26.8. The van der Waals surface area contributed by atoms with Crippen molar-refractivity contribution < 1.29 is 52.5 Å². The number of methoxy groups -OCH3 is 1. The van der Waals surface area contributed by atoms with Gasteiger partial charge in [-0.3, -0.25) is 19.2 Å². The molecule has 13 nitrogen and oxygen atoms in total. The van der Waals surface area contributed by atoms with E-state index in [1.54, 1.807) is 60.7 Å². The molecule has 13 heteroatoms. The molecule has 0 aliphatic carbocycles. The number of rotatable bonds is 7. The summed E-state index contributed by atoms with van der Waals surface area (Å²) in [7, 11) is 1.04. The fourth-order valence-electron chi connectivity index (χ4n) is 5.02. The van der Waals surface area contributed by atoms with Gasteiger partial charge in [-0.25, -0.2) is 14.5 Å². The molecule has 0 radical (unpaired) electrons. The Morgan fingerprint density at radius 3 is 1.68 bits per heavy atom. The first-order chi connectivity index (χ1) is 19.5. The van der Waals surface area contributed by atoms with E-state index in [0.29, 0.717) is 16.0 Å². The highest BCUT2D eigenvalue weighted by Crippen LogP contribution is 2.40. The van der Waals surface area contributed by atoms with Crippen molar-refractivity contribution in [3.8, 4) is 0 Å². The molecule has 2 saturated heterocycles. The van der Waals surface area contributed by atoms with Crippen LogP contribution in [0.5, 0.6) is 0 Å². The first-order valence-electron chi connectivity index (χ1n) is 12.5. The zero-order valence-corrected chi connectivity index (χ0v) is 22.6. The maximum atomic E-state index is 14.4. The normalized spacial score (nSPS) is 25.1. The van der Waals surface area contributed by atoms with Gasteiger partial charge < -0.3 is 29.0 Å². The molecule has 2 heterocycles. The molecule has 2 fully saturated rings. The summed E-state index contributed by atoms with van der Waals surface area (Å²) in [6.45, 7) is 3.12. The zero-order valence-electron chi connectivity index (χ0n) is 22.6. The van der Waals surface area contributed by atoms with E-state index in [9.17, 15) is 28.8 Å². The van der Waals surface area contributed by atoms with Crippen molar-refractivity contribution in [1.82, 2.24) is 10.2 Å². The van der Waals surface area contributed by atoms with E-state index in [4.69, 9.17) is 23.7 Å². The van der Waals surface area contributed by atoms with E-state index in [0.717, 1.165) is 27.9 Å². The van der Waals surface area contributed by atoms with Crippen molar-refractivity contribution in [3.63, 3.8) is 0 Å². The topological polar surface area (TPSA) is 164 Å². The van der Waals surface area contributed by atoms with Crippen LogP contribution in [0.25, 0.3) is 0 Å². The minimum absolute atomic E-state index is 0.408. The fourth-order valence-corrected chi connectivity index (χ4v) is 5.02. The van der Waals surface area contributed by atoms with Crippen LogP contribution in [0, 0.1) is 0 Å². The van der Waals surface area contributed by atoms with Crippen LogP contribution >= 0.6 is 0 Å². The van der Waals surface area contributed by atoms with Gasteiger partial charge in [0.25, 0.3) is 5.91 Å². The first kappa shape index (κ1) is 29.2. The molecule has 0 bridgehead atoms. The van der Waals surface area contributed by atoms with Gasteiger partial charge in [0.15, 0.2) is 36.2 Å².